The maximum Gasteiger partial charge on any atom is 0.255 e. The largest absolute Gasteiger partial charge is 0.404 e. The molecule has 4 N–H and O–H groups in total. The zero-order valence-electron chi connectivity index (χ0n) is 17.4. The number of nitrogens with zero attached hydrogens (tertiary/aromatic N) is 4. The van der Waals surface area contributed by atoms with E-state index in [-0.39, 0.29) is 11.9 Å². The van der Waals surface area contributed by atoms with Crippen molar-refractivity contribution in [3.8, 4) is 6.07 Å². The van der Waals surface area contributed by atoms with Crippen LogP contribution in [0.25, 0.3) is 16.6 Å². The summed E-state index contributed by atoms with van der Waals surface area (Å²) < 4.78 is 2.13. The molecule has 1 amide bonds. The smallest absolute Gasteiger partial charge is 0.255 e. The number of carbonyl (C=O) groups is 1. The third kappa shape index (κ3) is 3.80. The number of benzene rings is 2. The lowest BCUT2D eigenvalue weighted by atomic mass is 10.1. The zero-order chi connectivity index (χ0) is 22.0. The zero-order valence-corrected chi connectivity index (χ0v) is 17.4. The Morgan fingerprint density at radius 3 is 2.90 bits per heavy atom. The van der Waals surface area contributed by atoms with E-state index < -0.39 is 0 Å². The predicted octanol–water partition coefficient (Wildman–Crippen LogP) is 1.59. The summed E-state index contributed by atoms with van der Waals surface area (Å²) in [7, 11) is 0. The maximum absolute atomic E-state index is 13.1. The Labute approximate surface area is 180 Å². The summed E-state index contributed by atoms with van der Waals surface area (Å²) in [4.78, 5) is 19.5. The quantitative estimate of drug-likeness (QED) is 0.618. The normalized spacial score (nSPS) is 18.8. The van der Waals surface area contributed by atoms with Crippen molar-refractivity contribution in [3.63, 3.8) is 0 Å². The fourth-order valence-corrected chi connectivity index (χ4v) is 4.39. The molecule has 1 aliphatic rings. The fraction of sp³-hybridized carbons (Fsp3) is 0.250. The molecule has 2 heterocycles. The summed E-state index contributed by atoms with van der Waals surface area (Å²) in [5.74, 6) is 0.230. The Morgan fingerprint density at radius 2 is 2.16 bits per heavy atom. The highest BCUT2D eigenvalue weighted by molar-refractivity contribution is 6.07. The molecule has 1 fully saturated rings. The van der Waals surface area contributed by atoms with E-state index in [4.69, 9.17) is 11.1 Å². The van der Waals surface area contributed by atoms with Crippen LogP contribution >= 0.6 is 0 Å². The molecule has 1 saturated heterocycles. The van der Waals surface area contributed by atoms with Crippen LogP contribution in [0.1, 0.15) is 34.8 Å². The number of carbonyl (C=O) groups excluding carboxylic acids is 1. The Balaban J connectivity index is 1.52. The van der Waals surface area contributed by atoms with Gasteiger partial charge in [-0.3, -0.25) is 10.2 Å². The molecule has 1 aliphatic heterocycles. The summed E-state index contributed by atoms with van der Waals surface area (Å²) in [6.45, 7) is 3.49. The van der Waals surface area contributed by atoms with Gasteiger partial charge in [0, 0.05) is 25.3 Å². The second-order valence-electron chi connectivity index (χ2n) is 7.95. The first-order chi connectivity index (χ1) is 15.0. The number of allylic oxidation sites excluding steroid dienone is 1. The summed E-state index contributed by atoms with van der Waals surface area (Å²) >= 11 is 0. The average molecular weight is 414 g/mol. The van der Waals surface area contributed by atoms with Crippen LogP contribution in [0.3, 0.4) is 0 Å². The van der Waals surface area contributed by atoms with Gasteiger partial charge in [0.05, 0.1) is 40.1 Å². The topological polar surface area (TPSA) is 114 Å². The number of rotatable bonds is 5. The number of imidazole rings is 1. The van der Waals surface area contributed by atoms with Crippen molar-refractivity contribution < 1.29 is 10.2 Å². The lowest BCUT2D eigenvalue weighted by Crippen LogP contribution is -2.34. The number of likely N-dealkylation sites (tertiary alicyclic amines) is 1. The molecule has 1 aromatic heterocycles. The highest BCUT2D eigenvalue weighted by Gasteiger charge is 2.34. The van der Waals surface area contributed by atoms with E-state index in [1.807, 2.05) is 29.4 Å². The third-order valence-electron chi connectivity index (χ3n) is 5.97. The second kappa shape index (κ2) is 8.44. The molecule has 4 rings (SSSR count). The molecular weight excluding hydrogens is 388 g/mol. The lowest BCUT2D eigenvalue weighted by Gasteiger charge is -2.22. The van der Waals surface area contributed by atoms with Crippen molar-refractivity contribution in [3.05, 3.63) is 71.7 Å². The van der Waals surface area contributed by atoms with Crippen LogP contribution in [0, 0.1) is 17.2 Å². The number of fused-ring (bicyclic) bond motifs is 1. The molecule has 7 heteroatoms. The summed E-state index contributed by atoms with van der Waals surface area (Å²) in [6, 6.07) is 15.2. The van der Waals surface area contributed by atoms with E-state index in [1.54, 1.807) is 24.3 Å². The molecule has 0 bridgehead atoms. The first-order valence-corrected chi connectivity index (χ1v) is 10.3. The van der Waals surface area contributed by atoms with Gasteiger partial charge in [0.25, 0.3) is 5.91 Å². The highest BCUT2D eigenvalue weighted by Crippen LogP contribution is 2.28. The van der Waals surface area contributed by atoms with Crippen molar-refractivity contribution in [2.24, 2.45) is 11.7 Å². The van der Waals surface area contributed by atoms with Gasteiger partial charge in [-0.05, 0) is 49.1 Å². The molecule has 31 heavy (non-hydrogen) atoms. The van der Waals surface area contributed by atoms with Gasteiger partial charge in [-0.25, -0.2) is 4.98 Å². The Morgan fingerprint density at radius 1 is 1.35 bits per heavy atom. The van der Waals surface area contributed by atoms with Crippen LogP contribution in [0.15, 0.2) is 55.0 Å². The first-order valence-electron chi connectivity index (χ1n) is 10.3. The van der Waals surface area contributed by atoms with E-state index >= 15 is 0 Å². The first kappa shape index (κ1) is 20.4. The van der Waals surface area contributed by atoms with Crippen molar-refractivity contribution in [1.29, 1.82) is 5.26 Å². The van der Waals surface area contributed by atoms with Gasteiger partial charge in [-0.1, -0.05) is 18.2 Å². The number of aromatic nitrogens is 2. The standard InChI is InChI=1S/C24H24N6O/c1-16-8-17(14-30(16)24(31)21-5-3-2-4-19(21)10-25)13-29-15-28-22-9-18(6-7-23(22)29)20(11-26)12-27/h2-7,9,11-12,15-17,26H,8,13-14,27H2,1H3/p+1/b20-12+,26-11?/t16-,17?/m0/s1. The molecule has 3 aromatic rings. The minimum absolute atomic E-state index is 0.0774. The van der Waals surface area contributed by atoms with Gasteiger partial charge < -0.3 is 15.2 Å². The molecule has 1 unspecified atom stereocenters. The average Bonchev–Trinajstić information content (AvgIpc) is 3.37. The lowest BCUT2D eigenvalue weighted by molar-refractivity contribution is -0.103. The van der Waals surface area contributed by atoms with E-state index in [2.05, 4.69) is 22.5 Å². The van der Waals surface area contributed by atoms with E-state index in [0.29, 0.717) is 23.6 Å². The van der Waals surface area contributed by atoms with Crippen LogP contribution < -0.4 is 11.1 Å². The van der Waals surface area contributed by atoms with Crippen LogP contribution in [0.4, 0.5) is 0 Å². The minimum Gasteiger partial charge on any atom is -0.404 e. The molecule has 7 nitrogen and oxygen atoms in total. The fourth-order valence-electron chi connectivity index (χ4n) is 4.39. The van der Waals surface area contributed by atoms with Crippen LogP contribution in [-0.2, 0) is 6.54 Å². The number of hydrogen-bond acceptors (Lipinski definition) is 4. The van der Waals surface area contributed by atoms with Gasteiger partial charge in [0.1, 0.15) is 0 Å². The van der Waals surface area contributed by atoms with Crippen LogP contribution in [0.5, 0.6) is 0 Å². The monoisotopic (exact) mass is 413 g/mol. The Kier molecular flexibility index (Phi) is 5.54. The molecule has 0 saturated carbocycles. The molecule has 156 valence electrons. The van der Waals surface area contributed by atoms with Gasteiger partial charge in [-0.2, -0.15) is 5.26 Å². The molecule has 2 aromatic carbocycles. The van der Waals surface area contributed by atoms with Crippen molar-refractivity contribution in [2.45, 2.75) is 25.9 Å². The SMILES string of the molecule is C[C@H]1CC(Cn2cnc3cc(/C(C=[NH2+])=C/N)ccc32)CN1C(=O)c1ccccc1C#N. The van der Waals surface area contributed by atoms with Crippen molar-refractivity contribution in [2.75, 3.05) is 6.54 Å². The third-order valence-corrected chi connectivity index (χ3v) is 5.97. The van der Waals surface area contributed by atoms with Gasteiger partial charge in [0.2, 0.25) is 0 Å². The van der Waals surface area contributed by atoms with E-state index in [1.165, 1.54) is 12.4 Å². The molecule has 0 spiro atoms. The number of hydrogen-bond donors (Lipinski definition) is 2. The van der Waals surface area contributed by atoms with Crippen molar-refractivity contribution in [1.82, 2.24) is 14.5 Å². The van der Waals surface area contributed by atoms with Crippen LogP contribution in [0.2, 0.25) is 0 Å². The molecular formula is C24H25N6O+. The number of nitrogens with two attached hydrogens (primary N) is 2. The Bertz CT molecular complexity index is 1220. The molecule has 0 radical (unpaired) electrons. The highest BCUT2D eigenvalue weighted by atomic mass is 16.2. The summed E-state index contributed by atoms with van der Waals surface area (Å²) in [5, 5.41) is 15.0. The molecule has 0 aliphatic carbocycles. The van der Waals surface area contributed by atoms with Gasteiger partial charge in [0.15, 0.2) is 6.21 Å². The Hall–Kier alpha value is -3.92. The predicted molar refractivity (Wildman–Crippen MR) is 120 cm³/mol. The van der Waals surface area contributed by atoms with Crippen LogP contribution in [-0.4, -0.2) is 39.2 Å². The van der Waals surface area contributed by atoms with Gasteiger partial charge >= 0.3 is 0 Å². The summed E-state index contributed by atoms with van der Waals surface area (Å²) in [6.07, 6.45) is 5.70. The van der Waals surface area contributed by atoms with E-state index in [0.717, 1.165) is 35.1 Å². The number of nitriles is 1. The molecule has 2 atom stereocenters. The maximum atomic E-state index is 13.1. The number of amides is 1. The van der Waals surface area contributed by atoms with Gasteiger partial charge in [-0.15, -0.1) is 0 Å². The minimum atomic E-state index is -0.0774. The van der Waals surface area contributed by atoms with Crippen molar-refractivity contribution >= 4 is 28.7 Å². The van der Waals surface area contributed by atoms with E-state index in [9.17, 15) is 10.1 Å². The second-order valence-corrected chi connectivity index (χ2v) is 7.95. The summed E-state index contributed by atoms with van der Waals surface area (Å²) in [5.41, 5.74) is 10.1.